The number of phenols is 1. The summed E-state index contributed by atoms with van der Waals surface area (Å²) in [7, 11) is 0. The van der Waals surface area contributed by atoms with Gasteiger partial charge in [-0.15, -0.1) is 0 Å². The molecule has 1 atom stereocenters. The van der Waals surface area contributed by atoms with Gasteiger partial charge < -0.3 is 10.2 Å². The van der Waals surface area contributed by atoms with E-state index in [1.165, 1.54) is 18.2 Å². The highest BCUT2D eigenvalue weighted by atomic mass is 16.6. The van der Waals surface area contributed by atoms with Crippen LogP contribution in [-0.2, 0) is 12.1 Å². The number of nitro benzene ring substituents is 1. The van der Waals surface area contributed by atoms with E-state index in [1.54, 1.807) is 0 Å². The first kappa shape index (κ1) is 20.1. The number of nitrogens with zero attached hydrogens (tertiary/aromatic N) is 2. The van der Waals surface area contributed by atoms with Crippen LogP contribution in [0.4, 0.5) is 5.69 Å². The zero-order valence-electron chi connectivity index (χ0n) is 16.5. The zero-order valence-corrected chi connectivity index (χ0v) is 16.5. The molecule has 0 unspecified atom stereocenters. The summed E-state index contributed by atoms with van der Waals surface area (Å²) in [6.45, 7) is 1.05. The number of benzene rings is 3. The number of likely N-dealkylation sites (tertiary alicyclic amines) is 1. The van der Waals surface area contributed by atoms with Crippen molar-refractivity contribution in [1.82, 2.24) is 4.90 Å². The van der Waals surface area contributed by atoms with E-state index in [1.807, 2.05) is 60.7 Å². The summed E-state index contributed by atoms with van der Waals surface area (Å²) in [5, 5.41) is 33.6. The molecule has 154 valence electrons. The second-order valence-electron chi connectivity index (χ2n) is 7.70. The number of rotatable bonds is 6. The van der Waals surface area contributed by atoms with E-state index in [2.05, 4.69) is 4.90 Å². The predicted octanol–water partition coefficient (Wildman–Crippen LogP) is 4.20. The summed E-state index contributed by atoms with van der Waals surface area (Å²) in [5.41, 5.74) is 0.794. The van der Waals surface area contributed by atoms with Gasteiger partial charge in [0.05, 0.1) is 4.92 Å². The molecule has 30 heavy (non-hydrogen) atoms. The molecule has 6 heteroatoms. The number of phenolic OH excluding ortho intramolecular Hbond substituents is 1. The summed E-state index contributed by atoms with van der Waals surface area (Å²) in [4.78, 5) is 12.8. The van der Waals surface area contributed by atoms with Gasteiger partial charge in [-0.05, 0) is 36.6 Å². The predicted molar refractivity (Wildman–Crippen MR) is 114 cm³/mol. The van der Waals surface area contributed by atoms with Crippen LogP contribution >= 0.6 is 0 Å². The highest BCUT2D eigenvalue weighted by molar-refractivity contribution is 5.43. The topological polar surface area (TPSA) is 86.8 Å². The van der Waals surface area contributed by atoms with Gasteiger partial charge in [-0.2, -0.15) is 0 Å². The van der Waals surface area contributed by atoms with E-state index in [0.717, 1.165) is 30.5 Å². The Kier molecular flexibility index (Phi) is 5.53. The molecule has 1 saturated heterocycles. The number of hydrogen-bond acceptors (Lipinski definition) is 5. The molecule has 0 aliphatic carbocycles. The minimum Gasteiger partial charge on any atom is -0.508 e. The molecule has 0 aromatic heterocycles. The monoisotopic (exact) mass is 404 g/mol. The Labute approximate surface area is 175 Å². The van der Waals surface area contributed by atoms with Gasteiger partial charge in [-0.1, -0.05) is 60.7 Å². The molecular formula is C24H24N2O4. The molecule has 1 aliphatic rings. The second kappa shape index (κ2) is 8.26. The summed E-state index contributed by atoms with van der Waals surface area (Å²) >= 11 is 0. The lowest BCUT2D eigenvalue weighted by Crippen LogP contribution is -2.48. The van der Waals surface area contributed by atoms with Crippen LogP contribution in [0.3, 0.4) is 0 Å². The fourth-order valence-corrected chi connectivity index (χ4v) is 4.46. The first-order valence-corrected chi connectivity index (χ1v) is 10.0. The number of nitro groups is 1. The lowest BCUT2D eigenvalue weighted by Gasteiger charge is -2.40. The third-order valence-corrected chi connectivity index (χ3v) is 5.92. The largest absolute Gasteiger partial charge is 0.508 e. The van der Waals surface area contributed by atoms with Crippen molar-refractivity contribution >= 4 is 5.69 Å². The highest BCUT2D eigenvalue weighted by Gasteiger charge is 2.45. The Morgan fingerprint density at radius 3 is 2.17 bits per heavy atom. The molecule has 4 rings (SSSR count). The second-order valence-corrected chi connectivity index (χ2v) is 7.70. The van der Waals surface area contributed by atoms with Gasteiger partial charge in [-0.25, -0.2) is 0 Å². The zero-order chi connectivity index (χ0) is 21.1. The van der Waals surface area contributed by atoms with E-state index < -0.39 is 10.5 Å². The normalized spacial score (nSPS) is 17.2. The maximum Gasteiger partial charge on any atom is 0.270 e. The minimum atomic E-state index is -1.24. The van der Waals surface area contributed by atoms with Gasteiger partial charge in [0.25, 0.3) is 5.69 Å². The van der Waals surface area contributed by atoms with E-state index in [9.17, 15) is 20.3 Å². The molecule has 0 amide bonds. The van der Waals surface area contributed by atoms with Crippen LogP contribution < -0.4 is 0 Å². The average Bonchev–Trinajstić information content (AvgIpc) is 3.24. The van der Waals surface area contributed by atoms with Crippen molar-refractivity contribution in [2.24, 2.45) is 0 Å². The van der Waals surface area contributed by atoms with Crippen LogP contribution in [0.25, 0.3) is 0 Å². The molecule has 0 radical (unpaired) electrons. The fourth-order valence-electron chi connectivity index (χ4n) is 4.46. The Bertz CT molecular complexity index is 984. The van der Waals surface area contributed by atoms with Gasteiger partial charge in [0.15, 0.2) is 0 Å². The molecule has 0 bridgehead atoms. The number of aromatic hydroxyl groups is 1. The Hall–Kier alpha value is -3.22. The fraction of sp³-hybridized carbons (Fsp3) is 0.250. The Morgan fingerprint density at radius 2 is 1.60 bits per heavy atom. The maximum atomic E-state index is 12.1. The lowest BCUT2D eigenvalue weighted by atomic mass is 9.79. The molecule has 0 saturated carbocycles. The van der Waals surface area contributed by atoms with Gasteiger partial charge in [0.2, 0.25) is 0 Å². The van der Waals surface area contributed by atoms with Gasteiger partial charge in [0.1, 0.15) is 11.4 Å². The standard InChI is InChI=1S/C24H24N2O4/c27-22-14-13-21(26(29)30)16-18(22)17-25-15-7-12-23(25)24(28,19-8-3-1-4-9-19)20-10-5-2-6-11-20/h1-6,8-11,13-14,16,23,27-28H,7,12,15,17H2/t23-/m1/s1. The van der Waals surface area contributed by atoms with Crippen LogP contribution in [0.1, 0.15) is 29.5 Å². The molecule has 3 aromatic carbocycles. The van der Waals surface area contributed by atoms with Crippen molar-refractivity contribution in [3.05, 3.63) is 106 Å². The average molecular weight is 404 g/mol. The first-order valence-electron chi connectivity index (χ1n) is 10.0. The molecule has 3 aromatic rings. The molecule has 1 aliphatic heterocycles. The van der Waals surface area contributed by atoms with Gasteiger partial charge in [-0.3, -0.25) is 15.0 Å². The molecule has 2 N–H and O–H groups in total. The van der Waals surface area contributed by atoms with Crippen molar-refractivity contribution in [3.8, 4) is 5.75 Å². The molecule has 6 nitrogen and oxygen atoms in total. The van der Waals surface area contributed by atoms with E-state index in [0.29, 0.717) is 12.1 Å². The smallest absolute Gasteiger partial charge is 0.270 e. The van der Waals surface area contributed by atoms with Gasteiger partial charge >= 0.3 is 0 Å². The van der Waals surface area contributed by atoms with Crippen molar-refractivity contribution in [2.75, 3.05) is 6.54 Å². The highest BCUT2D eigenvalue weighted by Crippen LogP contribution is 2.41. The summed E-state index contributed by atoms with van der Waals surface area (Å²) in [6.07, 6.45) is 1.66. The third kappa shape index (κ3) is 3.67. The maximum absolute atomic E-state index is 12.1. The first-order chi connectivity index (χ1) is 14.5. The summed E-state index contributed by atoms with van der Waals surface area (Å²) in [6, 6.07) is 23.0. The quantitative estimate of drug-likeness (QED) is 0.475. The number of aliphatic hydroxyl groups is 1. The van der Waals surface area contributed by atoms with Crippen molar-refractivity contribution in [1.29, 1.82) is 0 Å². The molecule has 1 fully saturated rings. The SMILES string of the molecule is O=[N+]([O-])c1ccc(O)c(CN2CCC[C@@H]2C(O)(c2ccccc2)c2ccccc2)c1. The summed E-state index contributed by atoms with van der Waals surface area (Å²) < 4.78 is 0. The van der Waals surface area contributed by atoms with Crippen molar-refractivity contribution < 1.29 is 15.1 Å². The van der Waals surface area contributed by atoms with Crippen LogP contribution in [0.15, 0.2) is 78.9 Å². The van der Waals surface area contributed by atoms with Crippen molar-refractivity contribution in [2.45, 2.75) is 31.0 Å². The number of hydrogen-bond donors (Lipinski definition) is 2. The minimum absolute atomic E-state index is 0.0224. The third-order valence-electron chi connectivity index (χ3n) is 5.92. The lowest BCUT2D eigenvalue weighted by molar-refractivity contribution is -0.385. The van der Waals surface area contributed by atoms with Crippen LogP contribution in [0.2, 0.25) is 0 Å². The molecule has 0 spiro atoms. The Morgan fingerprint density at radius 1 is 1.00 bits per heavy atom. The van der Waals surface area contributed by atoms with Gasteiger partial charge in [0, 0.05) is 30.3 Å². The van der Waals surface area contributed by atoms with Crippen LogP contribution in [0.5, 0.6) is 5.75 Å². The molecular weight excluding hydrogens is 380 g/mol. The summed E-state index contributed by atoms with van der Waals surface area (Å²) in [5.74, 6) is 0.0224. The number of non-ortho nitro benzene ring substituents is 1. The van der Waals surface area contributed by atoms with Crippen molar-refractivity contribution in [3.63, 3.8) is 0 Å². The van der Waals surface area contributed by atoms with Crippen LogP contribution in [0, 0.1) is 10.1 Å². The molecule has 1 heterocycles. The van der Waals surface area contributed by atoms with E-state index >= 15 is 0 Å². The Balaban J connectivity index is 1.73. The van der Waals surface area contributed by atoms with Crippen LogP contribution in [-0.4, -0.2) is 32.6 Å². The van der Waals surface area contributed by atoms with E-state index in [4.69, 9.17) is 0 Å². The van der Waals surface area contributed by atoms with E-state index in [-0.39, 0.29) is 17.5 Å².